The van der Waals surface area contributed by atoms with Crippen LogP contribution in [0.2, 0.25) is 0 Å². The van der Waals surface area contributed by atoms with Crippen LogP contribution in [0.15, 0.2) is 0 Å². The molecule has 0 aromatic heterocycles. The third-order valence-electron chi connectivity index (χ3n) is 2.98. The smallest absolute Gasteiger partial charge is 0.260 e. The fraction of sp³-hybridized carbons (Fsp3) is 0.923. The van der Waals surface area contributed by atoms with Crippen LogP contribution >= 0.6 is 0 Å². The first-order valence-corrected chi connectivity index (χ1v) is 6.20. The molecule has 0 radical (unpaired) electrons. The van der Waals surface area contributed by atoms with E-state index in [0.717, 1.165) is 6.42 Å². The van der Waals surface area contributed by atoms with Gasteiger partial charge in [-0.05, 0) is 11.8 Å². The fourth-order valence-corrected chi connectivity index (χ4v) is 1.78. The minimum absolute atomic E-state index is 0.205. The summed E-state index contributed by atoms with van der Waals surface area (Å²) in [7, 11) is 0. The van der Waals surface area contributed by atoms with Gasteiger partial charge in [0.2, 0.25) is 0 Å². The molecule has 0 aliphatic rings. The topological polar surface area (TPSA) is 36.4 Å². The first kappa shape index (κ1) is 14.4. The lowest BCUT2D eigenvalue weighted by molar-refractivity contribution is -0.00849. The number of hydrogen-bond donors (Lipinski definition) is 0. The van der Waals surface area contributed by atoms with Gasteiger partial charge in [-0.25, -0.2) is 0 Å². The van der Waals surface area contributed by atoms with E-state index in [1.807, 2.05) is 0 Å². The Morgan fingerprint density at radius 2 is 1.73 bits per heavy atom. The van der Waals surface area contributed by atoms with Crippen LogP contribution in [0.1, 0.15) is 66.2 Å². The van der Waals surface area contributed by atoms with Gasteiger partial charge in [-0.15, -0.1) is 0 Å². The van der Waals surface area contributed by atoms with Crippen molar-refractivity contribution in [2.24, 2.45) is 11.3 Å². The molecule has 0 heterocycles. The maximum atomic E-state index is 8.61. The van der Waals surface area contributed by atoms with Crippen LogP contribution in [0.5, 0.6) is 0 Å². The maximum absolute atomic E-state index is 8.61. The highest BCUT2D eigenvalue weighted by molar-refractivity contribution is 5.55. The number of nitrogens with zero attached hydrogens (tertiary/aromatic N) is 2. The molecular formula is C13H26N2. The lowest BCUT2D eigenvalue weighted by atomic mass is 9.78. The van der Waals surface area contributed by atoms with E-state index in [-0.39, 0.29) is 5.41 Å². The van der Waals surface area contributed by atoms with Crippen LogP contribution in [-0.2, 0) is 0 Å². The summed E-state index contributed by atoms with van der Waals surface area (Å²) in [5.74, 6) is 0.393. The SMILES string of the molecule is CCCCCCCC(C=[N+]=[N-])C(C)(C)C. The van der Waals surface area contributed by atoms with Crippen molar-refractivity contribution in [1.29, 1.82) is 0 Å². The van der Waals surface area contributed by atoms with E-state index in [1.54, 1.807) is 6.21 Å². The van der Waals surface area contributed by atoms with E-state index < -0.39 is 0 Å². The molecule has 0 rings (SSSR count). The molecule has 1 atom stereocenters. The van der Waals surface area contributed by atoms with E-state index in [1.165, 1.54) is 32.1 Å². The largest absolute Gasteiger partial charge is 0.362 e. The van der Waals surface area contributed by atoms with Gasteiger partial charge in [-0.1, -0.05) is 59.8 Å². The standard InChI is InChI=1S/C13H26N2/c1-5-6-7-8-9-10-12(11-15-14)13(2,3)4/h11-12H,5-10H2,1-4H3. The van der Waals surface area contributed by atoms with Gasteiger partial charge in [0.05, 0.1) is 5.92 Å². The molecule has 1 unspecified atom stereocenters. The summed E-state index contributed by atoms with van der Waals surface area (Å²) < 4.78 is 0. The van der Waals surface area contributed by atoms with Gasteiger partial charge in [-0.3, -0.25) is 0 Å². The van der Waals surface area contributed by atoms with Gasteiger partial charge < -0.3 is 5.53 Å². The second-order valence-corrected chi connectivity index (χ2v) is 5.44. The summed E-state index contributed by atoms with van der Waals surface area (Å²) in [6.07, 6.45) is 9.35. The molecule has 0 aliphatic carbocycles. The first-order chi connectivity index (χ1) is 7.02. The van der Waals surface area contributed by atoms with Crippen molar-refractivity contribution in [1.82, 2.24) is 0 Å². The molecule has 2 heteroatoms. The van der Waals surface area contributed by atoms with E-state index in [0.29, 0.717) is 5.92 Å². The summed E-state index contributed by atoms with van der Waals surface area (Å²) >= 11 is 0. The molecule has 0 N–H and O–H groups in total. The Bertz CT molecular complexity index is 197. The van der Waals surface area contributed by atoms with Gasteiger partial charge in [0.15, 0.2) is 0 Å². The van der Waals surface area contributed by atoms with Gasteiger partial charge in [0.1, 0.15) is 0 Å². The second kappa shape index (κ2) is 7.64. The highest BCUT2D eigenvalue weighted by Gasteiger charge is 2.25. The second-order valence-electron chi connectivity index (χ2n) is 5.44. The Morgan fingerprint density at radius 1 is 1.13 bits per heavy atom. The third-order valence-corrected chi connectivity index (χ3v) is 2.98. The molecular weight excluding hydrogens is 184 g/mol. The van der Waals surface area contributed by atoms with Crippen LogP contribution in [0.3, 0.4) is 0 Å². The average Bonchev–Trinajstić information content (AvgIpc) is 2.14. The quantitative estimate of drug-likeness (QED) is 0.260. The van der Waals surface area contributed by atoms with Gasteiger partial charge >= 0.3 is 0 Å². The van der Waals surface area contributed by atoms with Crippen molar-refractivity contribution in [3.63, 3.8) is 0 Å². The first-order valence-electron chi connectivity index (χ1n) is 6.20. The predicted molar refractivity (Wildman–Crippen MR) is 66.0 cm³/mol. The molecule has 0 aliphatic heterocycles. The summed E-state index contributed by atoms with van der Waals surface area (Å²) in [4.78, 5) is 3.19. The fourth-order valence-electron chi connectivity index (χ4n) is 1.78. The molecule has 0 amide bonds. The van der Waals surface area contributed by atoms with Gasteiger partial charge in [0, 0.05) is 0 Å². The molecule has 0 spiro atoms. The lowest BCUT2D eigenvalue weighted by Gasteiger charge is -2.24. The zero-order valence-corrected chi connectivity index (χ0v) is 10.8. The summed E-state index contributed by atoms with van der Waals surface area (Å²) in [5, 5.41) is 0. The Morgan fingerprint density at radius 3 is 2.20 bits per heavy atom. The van der Waals surface area contributed by atoms with Crippen LogP contribution in [0.4, 0.5) is 0 Å². The van der Waals surface area contributed by atoms with Crippen molar-refractivity contribution >= 4 is 6.21 Å². The zero-order valence-electron chi connectivity index (χ0n) is 10.8. The molecule has 0 saturated heterocycles. The Kier molecular flexibility index (Phi) is 7.33. The number of rotatable bonds is 7. The van der Waals surface area contributed by atoms with Crippen LogP contribution in [0.25, 0.3) is 5.53 Å². The molecule has 0 aromatic rings. The molecule has 0 aromatic carbocycles. The van der Waals surface area contributed by atoms with E-state index >= 15 is 0 Å². The maximum Gasteiger partial charge on any atom is 0.260 e. The molecule has 0 fully saturated rings. The summed E-state index contributed by atoms with van der Waals surface area (Å²) in [6, 6.07) is 0. The van der Waals surface area contributed by atoms with E-state index in [2.05, 4.69) is 32.5 Å². The van der Waals surface area contributed by atoms with E-state index in [4.69, 9.17) is 5.53 Å². The Balaban J connectivity index is 3.83. The highest BCUT2D eigenvalue weighted by atomic mass is 14.8. The van der Waals surface area contributed by atoms with Crippen molar-refractivity contribution in [2.75, 3.05) is 0 Å². The van der Waals surface area contributed by atoms with Crippen molar-refractivity contribution in [3.05, 3.63) is 5.53 Å². The number of unbranched alkanes of at least 4 members (excludes halogenated alkanes) is 4. The normalized spacial score (nSPS) is 13.3. The Labute approximate surface area is 94.7 Å². The minimum atomic E-state index is 0.205. The Hall–Kier alpha value is -0.620. The molecule has 2 nitrogen and oxygen atoms in total. The highest BCUT2D eigenvalue weighted by Crippen LogP contribution is 2.28. The molecule has 0 saturated carbocycles. The van der Waals surface area contributed by atoms with Crippen molar-refractivity contribution in [2.45, 2.75) is 66.2 Å². The number of hydrogen-bond acceptors (Lipinski definition) is 0. The lowest BCUT2D eigenvalue weighted by Crippen LogP contribution is -2.22. The van der Waals surface area contributed by atoms with Gasteiger partial charge in [0.25, 0.3) is 6.21 Å². The minimum Gasteiger partial charge on any atom is -0.362 e. The van der Waals surface area contributed by atoms with Crippen LogP contribution in [0, 0.1) is 11.3 Å². The zero-order chi connectivity index (χ0) is 11.7. The summed E-state index contributed by atoms with van der Waals surface area (Å²) in [6.45, 7) is 8.83. The van der Waals surface area contributed by atoms with Gasteiger partial charge in [-0.2, -0.15) is 4.79 Å². The predicted octanol–water partition coefficient (Wildman–Crippen LogP) is 4.31. The van der Waals surface area contributed by atoms with Crippen LogP contribution < -0.4 is 0 Å². The molecule has 88 valence electrons. The van der Waals surface area contributed by atoms with Crippen LogP contribution in [-0.4, -0.2) is 11.0 Å². The van der Waals surface area contributed by atoms with E-state index in [9.17, 15) is 0 Å². The third kappa shape index (κ3) is 7.33. The monoisotopic (exact) mass is 210 g/mol. The molecule has 15 heavy (non-hydrogen) atoms. The van der Waals surface area contributed by atoms with Crippen molar-refractivity contribution in [3.8, 4) is 0 Å². The van der Waals surface area contributed by atoms with Crippen molar-refractivity contribution < 1.29 is 4.79 Å². The average molecular weight is 210 g/mol. The summed E-state index contributed by atoms with van der Waals surface area (Å²) in [5.41, 5.74) is 8.82. The molecule has 0 bridgehead atoms.